The van der Waals surface area contributed by atoms with Crippen LogP contribution in [0.4, 0.5) is 0 Å². The second kappa shape index (κ2) is 4.35. The normalized spacial score (nSPS) is 15.3. The molecule has 0 spiro atoms. The molecule has 64 valence electrons. The Bertz CT molecular complexity index is 139. The minimum Gasteiger partial charge on any atom is -0.389 e. The first-order chi connectivity index (χ1) is 4.95. The molecular weight excluding hydrogens is 136 g/mol. The molecule has 1 nitrogen and oxygen atoms in total. The zero-order valence-corrected chi connectivity index (χ0v) is 7.67. The molecule has 0 saturated heterocycles. The molecule has 1 N–H and O–H groups in total. The predicted octanol–water partition coefficient (Wildman–Crippen LogP) is 2.53. The molecule has 1 unspecified atom stereocenters. The Kier molecular flexibility index (Phi) is 4.12. The van der Waals surface area contributed by atoms with E-state index in [0.29, 0.717) is 6.42 Å². The minimum absolute atomic E-state index is 0.155. The number of rotatable bonds is 3. The van der Waals surface area contributed by atoms with E-state index in [0.717, 1.165) is 0 Å². The Hall–Kier alpha value is -0.560. The molecule has 0 aliphatic rings. The Balaban J connectivity index is 3.82. The van der Waals surface area contributed by atoms with E-state index in [-0.39, 0.29) is 11.5 Å². The van der Waals surface area contributed by atoms with Crippen molar-refractivity contribution in [1.29, 1.82) is 0 Å². The van der Waals surface area contributed by atoms with Crippen LogP contribution in [0.3, 0.4) is 0 Å². The molecule has 0 fully saturated rings. The van der Waals surface area contributed by atoms with Crippen LogP contribution in [0.15, 0.2) is 24.8 Å². The van der Waals surface area contributed by atoms with Crippen molar-refractivity contribution in [3.8, 4) is 0 Å². The predicted molar refractivity (Wildman–Crippen MR) is 49.4 cm³/mol. The van der Waals surface area contributed by atoms with Gasteiger partial charge in [-0.25, -0.2) is 0 Å². The number of allylic oxidation sites excluding steroid dienone is 1. The van der Waals surface area contributed by atoms with Gasteiger partial charge >= 0.3 is 0 Å². The summed E-state index contributed by atoms with van der Waals surface area (Å²) in [6, 6.07) is 0. The lowest BCUT2D eigenvalue weighted by Gasteiger charge is -2.12. The van der Waals surface area contributed by atoms with Gasteiger partial charge in [-0.3, -0.25) is 0 Å². The Morgan fingerprint density at radius 2 is 2.00 bits per heavy atom. The van der Waals surface area contributed by atoms with Crippen molar-refractivity contribution in [1.82, 2.24) is 0 Å². The monoisotopic (exact) mass is 154 g/mol. The van der Waals surface area contributed by atoms with Crippen LogP contribution in [-0.2, 0) is 0 Å². The summed E-state index contributed by atoms with van der Waals surface area (Å²) in [6.07, 6.45) is 5.82. The molecule has 0 aromatic heterocycles. The van der Waals surface area contributed by atoms with E-state index in [9.17, 15) is 5.11 Å². The lowest BCUT2D eigenvalue weighted by Crippen LogP contribution is -2.04. The lowest BCUT2D eigenvalue weighted by molar-refractivity contribution is 0.225. The van der Waals surface area contributed by atoms with E-state index in [4.69, 9.17) is 0 Å². The summed E-state index contributed by atoms with van der Waals surface area (Å²) in [6.45, 7) is 9.86. The Morgan fingerprint density at radius 3 is 2.36 bits per heavy atom. The zero-order valence-electron chi connectivity index (χ0n) is 7.67. The number of aliphatic hydroxyl groups is 1. The molecule has 0 aliphatic carbocycles. The second-order valence-electron chi connectivity index (χ2n) is 3.82. The Labute approximate surface area is 69.4 Å². The molecule has 0 rings (SSSR count). The van der Waals surface area contributed by atoms with Crippen LogP contribution in [0, 0.1) is 5.41 Å². The second-order valence-corrected chi connectivity index (χ2v) is 3.82. The molecule has 1 heteroatoms. The fourth-order valence-corrected chi connectivity index (χ4v) is 0.649. The fraction of sp³-hybridized carbons (Fsp3) is 0.600. The highest BCUT2D eigenvalue weighted by Crippen LogP contribution is 2.15. The highest BCUT2D eigenvalue weighted by Gasteiger charge is 2.04. The Morgan fingerprint density at radius 1 is 1.45 bits per heavy atom. The number of hydrogen-bond acceptors (Lipinski definition) is 1. The molecule has 0 amide bonds. The highest BCUT2D eigenvalue weighted by atomic mass is 16.3. The van der Waals surface area contributed by atoms with Crippen LogP contribution in [0.5, 0.6) is 0 Å². The van der Waals surface area contributed by atoms with Gasteiger partial charge in [-0.15, -0.1) is 6.58 Å². The summed E-state index contributed by atoms with van der Waals surface area (Å²) in [4.78, 5) is 0. The topological polar surface area (TPSA) is 20.2 Å². The summed E-state index contributed by atoms with van der Waals surface area (Å²) in [5, 5.41) is 9.25. The van der Waals surface area contributed by atoms with Gasteiger partial charge in [0.25, 0.3) is 0 Å². The number of hydrogen-bond donors (Lipinski definition) is 1. The van der Waals surface area contributed by atoms with Gasteiger partial charge in [0.1, 0.15) is 0 Å². The van der Waals surface area contributed by atoms with Crippen molar-refractivity contribution in [2.75, 3.05) is 0 Å². The van der Waals surface area contributed by atoms with Crippen LogP contribution in [0.1, 0.15) is 27.2 Å². The van der Waals surface area contributed by atoms with Gasteiger partial charge in [0, 0.05) is 0 Å². The third kappa shape index (κ3) is 7.34. The molecule has 0 aromatic carbocycles. The first-order valence-corrected chi connectivity index (χ1v) is 3.94. The molecule has 0 bridgehead atoms. The summed E-state index contributed by atoms with van der Waals surface area (Å²) < 4.78 is 0. The number of aliphatic hydroxyl groups excluding tert-OH is 1. The maximum atomic E-state index is 9.25. The maximum Gasteiger partial charge on any atom is 0.0755 e. The first kappa shape index (κ1) is 10.4. The van der Waals surface area contributed by atoms with E-state index >= 15 is 0 Å². The van der Waals surface area contributed by atoms with Gasteiger partial charge in [0.15, 0.2) is 0 Å². The van der Waals surface area contributed by atoms with E-state index in [1.807, 2.05) is 12.2 Å². The average Bonchev–Trinajstić information content (AvgIpc) is 1.83. The van der Waals surface area contributed by atoms with Crippen LogP contribution in [0.25, 0.3) is 0 Å². The molecule has 0 saturated carbocycles. The van der Waals surface area contributed by atoms with Crippen molar-refractivity contribution in [3.63, 3.8) is 0 Å². The molecule has 11 heavy (non-hydrogen) atoms. The van der Waals surface area contributed by atoms with Crippen molar-refractivity contribution in [3.05, 3.63) is 24.8 Å². The van der Waals surface area contributed by atoms with Crippen LogP contribution < -0.4 is 0 Å². The maximum absolute atomic E-state index is 9.25. The summed E-state index contributed by atoms with van der Waals surface area (Å²) in [7, 11) is 0. The van der Waals surface area contributed by atoms with E-state index in [1.165, 1.54) is 0 Å². The molecule has 0 radical (unpaired) electrons. The van der Waals surface area contributed by atoms with Gasteiger partial charge in [-0.05, 0) is 11.8 Å². The minimum atomic E-state index is -0.369. The standard InChI is InChI=1S/C10H18O/c1-5-6-9(11)7-8-10(2,3)4/h5,7-9,11H,1,6H2,2-4H3. The molecule has 0 aliphatic heterocycles. The molecule has 0 heterocycles. The van der Waals surface area contributed by atoms with E-state index < -0.39 is 0 Å². The lowest BCUT2D eigenvalue weighted by atomic mass is 9.95. The van der Waals surface area contributed by atoms with Gasteiger partial charge in [-0.2, -0.15) is 0 Å². The van der Waals surface area contributed by atoms with E-state index in [2.05, 4.69) is 27.4 Å². The van der Waals surface area contributed by atoms with E-state index in [1.54, 1.807) is 6.08 Å². The molecule has 1 atom stereocenters. The highest BCUT2D eigenvalue weighted by molar-refractivity contribution is 4.97. The quantitative estimate of drug-likeness (QED) is 0.619. The van der Waals surface area contributed by atoms with Gasteiger partial charge in [-0.1, -0.05) is 39.0 Å². The SMILES string of the molecule is C=CCC(O)C=CC(C)(C)C. The van der Waals surface area contributed by atoms with Crippen molar-refractivity contribution < 1.29 is 5.11 Å². The average molecular weight is 154 g/mol. The summed E-state index contributed by atoms with van der Waals surface area (Å²) in [5.74, 6) is 0. The van der Waals surface area contributed by atoms with Gasteiger partial charge in [0.2, 0.25) is 0 Å². The van der Waals surface area contributed by atoms with Gasteiger partial charge < -0.3 is 5.11 Å². The molecular formula is C10H18O. The summed E-state index contributed by atoms with van der Waals surface area (Å²) >= 11 is 0. The van der Waals surface area contributed by atoms with Crippen LogP contribution in [0.2, 0.25) is 0 Å². The fourth-order valence-electron chi connectivity index (χ4n) is 0.649. The third-order valence-electron chi connectivity index (χ3n) is 1.23. The van der Waals surface area contributed by atoms with Crippen molar-refractivity contribution >= 4 is 0 Å². The molecule has 0 aromatic rings. The first-order valence-electron chi connectivity index (χ1n) is 3.94. The largest absolute Gasteiger partial charge is 0.389 e. The summed E-state index contributed by atoms with van der Waals surface area (Å²) in [5.41, 5.74) is 0.155. The smallest absolute Gasteiger partial charge is 0.0755 e. The van der Waals surface area contributed by atoms with Crippen LogP contribution >= 0.6 is 0 Å². The van der Waals surface area contributed by atoms with Crippen molar-refractivity contribution in [2.45, 2.75) is 33.3 Å². The third-order valence-corrected chi connectivity index (χ3v) is 1.23. The van der Waals surface area contributed by atoms with Gasteiger partial charge in [0.05, 0.1) is 6.10 Å². The zero-order chi connectivity index (χ0) is 8.91. The van der Waals surface area contributed by atoms with Crippen molar-refractivity contribution in [2.24, 2.45) is 5.41 Å². The van der Waals surface area contributed by atoms with Crippen LogP contribution in [-0.4, -0.2) is 11.2 Å².